The van der Waals surface area contributed by atoms with Crippen LogP contribution in [0.4, 0.5) is 5.69 Å². The Morgan fingerprint density at radius 2 is 1.80 bits per heavy atom. The van der Waals surface area contributed by atoms with Gasteiger partial charge in [0, 0.05) is 17.8 Å². The van der Waals surface area contributed by atoms with Crippen LogP contribution in [0.2, 0.25) is 0 Å². The summed E-state index contributed by atoms with van der Waals surface area (Å²) < 4.78 is 20.8. The van der Waals surface area contributed by atoms with Crippen molar-refractivity contribution >= 4 is 17.6 Å². The number of carbonyl (C=O) groups is 2. The summed E-state index contributed by atoms with van der Waals surface area (Å²) in [5.41, 5.74) is 1.10. The maximum atomic E-state index is 12.7. The van der Waals surface area contributed by atoms with E-state index in [-0.39, 0.29) is 17.9 Å². The number of carbonyl (C=O) groups excluding carboxylic acids is 2. The summed E-state index contributed by atoms with van der Waals surface area (Å²) in [5.74, 6) is -0.0386. The molecule has 1 aliphatic rings. The lowest BCUT2D eigenvalue weighted by Gasteiger charge is -2.25. The smallest absolute Gasteiger partial charge is 0.355 e. The lowest BCUT2D eigenvalue weighted by molar-refractivity contribution is -0.139. The fourth-order valence-corrected chi connectivity index (χ4v) is 3.00. The van der Waals surface area contributed by atoms with Crippen LogP contribution in [-0.4, -0.2) is 38.4 Å². The van der Waals surface area contributed by atoms with E-state index in [9.17, 15) is 14.7 Å². The minimum absolute atomic E-state index is 0.0265. The molecular formula is C22H21NO7. The fourth-order valence-electron chi connectivity index (χ4n) is 3.00. The number of esters is 2. The molecule has 8 nitrogen and oxygen atoms in total. The Hall–Kier alpha value is -3.78. The lowest BCUT2D eigenvalue weighted by Crippen LogP contribution is -2.27. The number of methoxy groups -OCH3 is 3. The molecule has 0 radical (unpaired) electrons. The molecule has 156 valence electrons. The molecule has 2 heterocycles. The average Bonchev–Trinajstić information content (AvgIpc) is 3.16. The van der Waals surface area contributed by atoms with E-state index in [2.05, 4.69) is 0 Å². The molecule has 0 saturated heterocycles. The second kappa shape index (κ2) is 9.15. The number of furan rings is 1. The van der Waals surface area contributed by atoms with Gasteiger partial charge in [-0.3, -0.25) is 0 Å². The van der Waals surface area contributed by atoms with E-state index < -0.39 is 11.9 Å². The quantitative estimate of drug-likeness (QED) is 0.725. The number of nitrogens with zero attached hydrogens (tertiary/aromatic N) is 1. The average molecular weight is 411 g/mol. The summed E-state index contributed by atoms with van der Waals surface area (Å²) in [5, 5.41) is 9.34. The van der Waals surface area contributed by atoms with Gasteiger partial charge < -0.3 is 28.6 Å². The summed E-state index contributed by atoms with van der Waals surface area (Å²) in [6, 6.07) is 8.55. The first-order valence-corrected chi connectivity index (χ1v) is 8.97. The largest absolute Gasteiger partial charge is 0.497 e. The highest BCUT2D eigenvalue weighted by molar-refractivity contribution is 6.06. The van der Waals surface area contributed by atoms with Gasteiger partial charge in [0.05, 0.1) is 32.6 Å². The summed E-state index contributed by atoms with van der Waals surface area (Å²) in [7, 11) is 3.98. The van der Waals surface area contributed by atoms with E-state index in [1.54, 1.807) is 48.7 Å². The highest BCUT2D eigenvalue weighted by Crippen LogP contribution is 2.38. The summed E-state index contributed by atoms with van der Waals surface area (Å²) in [6.07, 6.45) is 6.38. The summed E-state index contributed by atoms with van der Waals surface area (Å²) in [4.78, 5) is 26.6. The molecule has 1 N–H and O–H groups in total. The number of rotatable bonds is 6. The first kappa shape index (κ1) is 20.9. The first-order valence-electron chi connectivity index (χ1n) is 8.97. The maximum absolute atomic E-state index is 12.7. The predicted molar refractivity (Wildman–Crippen MR) is 108 cm³/mol. The SMILES string of the molecule is COC(=O)C1=C(C(=O)OC)N(c2cc(OC)ccc2-c2ccc(CO)o2)C=CC=C1. The molecule has 1 aromatic carbocycles. The van der Waals surface area contributed by atoms with Gasteiger partial charge in [0.1, 0.15) is 29.6 Å². The Balaban J connectivity index is 2.27. The predicted octanol–water partition coefficient (Wildman–Crippen LogP) is 2.94. The third kappa shape index (κ3) is 3.99. The standard InChI is InChI=1S/C22H21NO7/c1-27-14-7-9-16(19-10-8-15(13-24)30-19)18(12-14)23-11-5-4-6-17(21(25)28-2)20(23)22(26)29-3/h4-12,24H,13H2,1-3H3. The van der Waals surface area contributed by atoms with Crippen LogP contribution in [0.15, 0.2) is 70.4 Å². The van der Waals surface area contributed by atoms with Crippen molar-refractivity contribution in [3.05, 3.63) is 71.8 Å². The maximum Gasteiger partial charge on any atom is 0.355 e. The minimum Gasteiger partial charge on any atom is -0.497 e. The number of ether oxygens (including phenoxy) is 3. The molecule has 8 heteroatoms. The molecule has 1 aromatic heterocycles. The molecule has 0 amide bonds. The van der Waals surface area contributed by atoms with Crippen LogP contribution < -0.4 is 9.64 Å². The van der Waals surface area contributed by atoms with E-state index in [0.29, 0.717) is 28.5 Å². The molecule has 0 unspecified atom stereocenters. The van der Waals surface area contributed by atoms with Gasteiger partial charge in [0.25, 0.3) is 0 Å². The van der Waals surface area contributed by atoms with Crippen LogP contribution in [0.25, 0.3) is 11.3 Å². The molecule has 2 aromatic rings. The van der Waals surface area contributed by atoms with Crippen LogP contribution in [0.1, 0.15) is 5.76 Å². The van der Waals surface area contributed by atoms with Gasteiger partial charge >= 0.3 is 11.9 Å². The van der Waals surface area contributed by atoms with Gasteiger partial charge in [-0.05, 0) is 36.4 Å². The van der Waals surface area contributed by atoms with Crippen molar-refractivity contribution in [2.24, 2.45) is 0 Å². The van der Waals surface area contributed by atoms with Gasteiger partial charge in [0.15, 0.2) is 0 Å². The van der Waals surface area contributed by atoms with E-state index in [4.69, 9.17) is 18.6 Å². The van der Waals surface area contributed by atoms with Crippen molar-refractivity contribution in [1.29, 1.82) is 0 Å². The Morgan fingerprint density at radius 3 is 2.43 bits per heavy atom. The second-order valence-electron chi connectivity index (χ2n) is 6.12. The highest BCUT2D eigenvalue weighted by Gasteiger charge is 2.29. The van der Waals surface area contributed by atoms with Crippen LogP contribution in [-0.2, 0) is 25.7 Å². The van der Waals surface area contributed by atoms with Crippen molar-refractivity contribution in [2.75, 3.05) is 26.2 Å². The molecular weight excluding hydrogens is 390 g/mol. The molecule has 0 bridgehead atoms. The van der Waals surface area contributed by atoms with Crippen molar-refractivity contribution < 1.29 is 33.3 Å². The Kier molecular flexibility index (Phi) is 6.38. The number of anilines is 1. The van der Waals surface area contributed by atoms with Crippen LogP contribution in [0.3, 0.4) is 0 Å². The minimum atomic E-state index is -0.726. The second-order valence-corrected chi connectivity index (χ2v) is 6.12. The zero-order chi connectivity index (χ0) is 21.7. The summed E-state index contributed by atoms with van der Waals surface area (Å²) in [6.45, 7) is -0.251. The van der Waals surface area contributed by atoms with E-state index >= 15 is 0 Å². The van der Waals surface area contributed by atoms with Gasteiger partial charge in [-0.15, -0.1) is 0 Å². The molecule has 0 aliphatic carbocycles. The topological polar surface area (TPSA) is 98.4 Å². The fraction of sp³-hybridized carbons (Fsp3) is 0.182. The summed E-state index contributed by atoms with van der Waals surface area (Å²) >= 11 is 0. The Bertz CT molecular complexity index is 1050. The Labute approximate surface area is 173 Å². The van der Waals surface area contributed by atoms with E-state index in [1.165, 1.54) is 32.3 Å². The molecule has 3 rings (SSSR count). The van der Waals surface area contributed by atoms with Crippen LogP contribution >= 0.6 is 0 Å². The number of aliphatic hydroxyl groups excluding tert-OH is 1. The number of allylic oxidation sites excluding steroid dienone is 2. The Morgan fingerprint density at radius 1 is 1.03 bits per heavy atom. The normalized spacial score (nSPS) is 13.3. The van der Waals surface area contributed by atoms with Gasteiger partial charge in [0.2, 0.25) is 0 Å². The van der Waals surface area contributed by atoms with Crippen molar-refractivity contribution in [2.45, 2.75) is 6.61 Å². The van der Waals surface area contributed by atoms with Crippen LogP contribution in [0, 0.1) is 0 Å². The number of hydrogen-bond acceptors (Lipinski definition) is 8. The molecule has 30 heavy (non-hydrogen) atoms. The highest BCUT2D eigenvalue weighted by atomic mass is 16.5. The van der Waals surface area contributed by atoms with Gasteiger partial charge in [-0.25, -0.2) is 9.59 Å². The third-order valence-corrected chi connectivity index (χ3v) is 4.44. The molecule has 0 spiro atoms. The number of benzene rings is 1. The third-order valence-electron chi connectivity index (χ3n) is 4.44. The van der Waals surface area contributed by atoms with Gasteiger partial charge in [-0.2, -0.15) is 0 Å². The molecule has 0 fully saturated rings. The number of hydrogen-bond donors (Lipinski definition) is 1. The van der Waals surface area contributed by atoms with E-state index in [1.807, 2.05) is 0 Å². The van der Waals surface area contributed by atoms with Gasteiger partial charge in [-0.1, -0.05) is 6.08 Å². The molecule has 1 aliphatic heterocycles. The zero-order valence-electron chi connectivity index (χ0n) is 16.7. The van der Waals surface area contributed by atoms with Crippen molar-refractivity contribution in [3.8, 4) is 17.1 Å². The number of aliphatic hydroxyl groups is 1. The van der Waals surface area contributed by atoms with Crippen molar-refractivity contribution in [1.82, 2.24) is 0 Å². The monoisotopic (exact) mass is 411 g/mol. The lowest BCUT2D eigenvalue weighted by atomic mass is 10.1. The van der Waals surface area contributed by atoms with E-state index in [0.717, 1.165) is 0 Å². The first-order chi connectivity index (χ1) is 14.5. The zero-order valence-corrected chi connectivity index (χ0v) is 16.7. The van der Waals surface area contributed by atoms with Crippen LogP contribution in [0.5, 0.6) is 5.75 Å². The molecule has 0 atom stereocenters. The molecule has 0 saturated carbocycles. The van der Waals surface area contributed by atoms with Crippen molar-refractivity contribution in [3.63, 3.8) is 0 Å².